The number of fused-ring (bicyclic) bond motifs is 1. The Hall–Kier alpha value is -2.76. The number of benzene rings is 1. The number of likely N-dealkylation sites (N-methyl/N-ethyl adjacent to an activating group) is 1. The molecule has 6 nitrogen and oxygen atoms in total. The van der Waals surface area contributed by atoms with E-state index in [0.717, 1.165) is 17.8 Å². The molecular formula is C23H32N4O2. The number of hydrogen-bond donors (Lipinski definition) is 1. The Morgan fingerprint density at radius 3 is 2.45 bits per heavy atom. The molecule has 29 heavy (non-hydrogen) atoms. The molecule has 0 aliphatic carbocycles. The van der Waals surface area contributed by atoms with Crippen molar-refractivity contribution in [3.8, 4) is 0 Å². The lowest BCUT2D eigenvalue weighted by Crippen LogP contribution is -2.52. The molecule has 156 valence electrons. The monoisotopic (exact) mass is 396 g/mol. The molecule has 0 spiro atoms. The van der Waals surface area contributed by atoms with E-state index in [1.807, 2.05) is 38.7 Å². The topological polar surface area (TPSA) is 57.6 Å². The first-order valence-electron chi connectivity index (χ1n) is 10.3. The second kappa shape index (κ2) is 8.31. The highest BCUT2D eigenvalue weighted by atomic mass is 16.2. The number of amides is 3. The van der Waals surface area contributed by atoms with E-state index in [0.29, 0.717) is 13.1 Å². The molecule has 0 saturated heterocycles. The highest BCUT2D eigenvalue weighted by molar-refractivity contribution is 5.85. The second-order valence-electron chi connectivity index (χ2n) is 8.72. The molecule has 1 aliphatic heterocycles. The van der Waals surface area contributed by atoms with Gasteiger partial charge in [-0.1, -0.05) is 29.8 Å². The number of aryl methyl sites for hydroxylation is 1. The fourth-order valence-electron chi connectivity index (χ4n) is 3.73. The fraction of sp³-hybridized carbons (Fsp3) is 0.478. The van der Waals surface area contributed by atoms with E-state index in [-0.39, 0.29) is 30.1 Å². The van der Waals surface area contributed by atoms with Crippen LogP contribution in [0.5, 0.6) is 0 Å². The summed E-state index contributed by atoms with van der Waals surface area (Å²) in [5.41, 5.74) is 3.04. The van der Waals surface area contributed by atoms with Crippen LogP contribution in [-0.2, 0) is 11.3 Å². The van der Waals surface area contributed by atoms with Crippen molar-refractivity contribution in [2.45, 2.75) is 52.7 Å². The number of aromatic nitrogens is 1. The molecule has 1 aromatic carbocycles. The van der Waals surface area contributed by atoms with Gasteiger partial charge < -0.3 is 19.7 Å². The minimum atomic E-state index is -0.343. The molecule has 2 heterocycles. The molecule has 3 amide bonds. The van der Waals surface area contributed by atoms with E-state index >= 15 is 0 Å². The van der Waals surface area contributed by atoms with E-state index in [2.05, 4.69) is 53.3 Å². The van der Waals surface area contributed by atoms with Crippen LogP contribution in [0.4, 0.5) is 4.79 Å². The highest BCUT2D eigenvalue weighted by Gasteiger charge is 2.33. The van der Waals surface area contributed by atoms with Crippen molar-refractivity contribution in [2.24, 2.45) is 0 Å². The predicted octanol–water partition coefficient (Wildman–Crippen LogP) is 3.56. The van der Waals surface area contributed by atoms with Crippen molar-refractivity contribution < 1.29 is 9.59 Å². The maximum Gasteiger partial charge on any atom is 0.318 e. The summed E-state index contributed by atoms with van der Waals surface area (Å²) in [5.74, 6) is -0.0334. The van der Waals surface area contributed by atoms with Crippen LogP contribution in [0.25, 0.3) is 0 Å². The molecule has 0 bridgehead atoms. The smallest absolute Gasteiger partial charge is 0.318 e. The molecule has 0 saturated carbocycles. The van der Waals surface area contributed by atoms with E-state index in [1.165, 1.54) is 5.56 Å². The average molecular weight is 397 g/mol. The van der Waals surface area contributed by atoms with Crippen LogP contribution < -0.4 is 5.32 Å². The number of carbonyl (C=O) groups excluding carboxylic acids is 2. The van der Waals surface area contributed by atoms with Gasteiger partial charge in [-0.15, -0.1) is 0 Å². The number of urea groups is 1. The van der Waals surface area contributed by atoms with Gasteiger partial charge in [0.2, 0.25) is 5.91 Å². The second-order valence-corrected chi connectivity index (χ2v) is 8.72. The Labute approximate surface area is 173 Å². The maximum atomic E-state index is 13.3. The Kier molecular flexibility index (Phi) is 6.01. The summed E-state index contributed by atoms with van der Waals surface area (Å²) in [5, 5.41) is 2.95. The zero-order valence-corrected chi connectivity index (χ0v) is 18.1. The SMILES string of the molecule is CCN(CC(=O)N1CCn2cccc2C1c1ccc(C)cc1)C(=O)NC(C)(C)C. The Morgan fingerprint density at radius 2 is 1.83 bits per heavy atom. The van der Waals surface area contributed by atoms with Gasteiger partial charge in [-0.2, -0.15) is 0 Å². The van der Waals surface area contributed by atoms with Crippen molar-refractivity contribution in [3.05, 3.63) is 59.4 Å². The summed E-state index contributed by atoms with van der Waals surface area (Å²) in [6.45, 7) is 11.7. The molecule has 0 radical (unpaired) electrons. The number of carbonyl (C=O) groups is 2. The molecular weight excluding hydrogens is 364 g/mol. The molecule has 1 aromatic heterocycles. The van der Waals surface area contributed by atoms with Gasteiger partial charge in [-0.05, 0) is 52.3 Å². The molecule has 1 aliphatic rings. The van der Waals surface area contributed by atoms with Crippen molar-refractivity contribution in [1.82, 2.24) is 19.7 Å². The quantitative estimate of drug-likeness (QED) is 0.859. The molecule has 6 heteroatoms. The summed E-state index contributed by atoms with van der Waals surface area (Å²) in [6.07, 6.45) is 2.06. The van der Waals surface area contributed by atoms with E-state index < -0.39 is 0 Å². The summed E-state index contributed by atoms with van der Waals surface area (Å²) in [4.78, 5) is 29.4. The molecule has 1 atom stereocenters. The Balaban J connectivity index is 1.84. The van der Waals surface area contributed by atoms with Crippen LogP contribution in [0.1, 0.15) is 50.6 Å². The minimum Gasteiger partial charge on any atom is -0.348 e. The Morgan fingerprint density at radius 1 is 1.14 bits per heavy atom. The lowest BCUT2D eigenvalue weighted by Gasteiger charge is -2.38. The zero-order valence-electron chi connectivity index (χ0n) is 18.1. The van der Waals surface area contributed by atoms with Crippen molar-refractivity contribution in [2.75, 3.05) is 19.6 Å². The van der Waals surface area contributed by atoms with Gasteiger partial charge in [0.1, 0.15) is 6.54 Å². The van der Waals surface area contributed by atoms with Crippen LogP contribution >= 0.6 is 0 Å². The van der Waals surface area contributed by atoms with Crippen molar-refractivity contribution >= 4 is 11.9 Å². The first-order valence-corrected chi connectivity index (χ1v) is 10.3. The van der Waals surface area contributed by atoms with Crippen LogP contribution in [0.2, 0.25) is 0 Å². The Bertz CT molecular complexity index is 864. The third-order valence-corrected chi connectivity index (χ3v) is 5.23. The lowest BCUT2D eigenvalue weighted by atomic mass is 9.98. The van der Waals surface area contributed by atoms with Crippen LogP contribution in [0.3, 0.4) is 0 Å². The largest absolute Gasteiger partial charge is 0.348 e. The van der Waals surface area contributed by atoms with E-state index in [9.17, 15) is 9.59 Å². The van der Waals surface area contributed by atoms with Crippen molar-refractivity contribution in [1.29, 1.82) is 0 Å². The van der Waals surface area contributed by atoms with Crippen LogP contribution in [0, 0.1) is 6.92 Å². The van der Waals surface area contributed by atoms with Crippen molar-refractivity contribution in [3.63, 3.8) is 0 Å². The average Bonchev–Trinajstić information content (AvgIpc) is 3.13. The first-order chi connectivity index (χ1) is 13.7. The number of hydrogen-bond acceptors (Lipinski definition) is 2. The number of rotatable bonds is 4. The lowest BCUT2D eigenvalue weighted by molar-refractivity contribution is -0.134. The zero-order chi connectivity index (χ0) is 21.2. The molecule has 1 unspecified atom stereocenters. The van der Waals surface area contributed by atoms with Gasteiger partial charge in [-0.3, -0.25) is 4.79 Å². The maximum absolute atomic E-state index is 13.3. The molecule has 3 rings (SSSR count). The number of nitrogens with one attached hydrogen (secondary N) is 1. The first kappa shape index (κ1) is 21.0. The van der Waals surface area contributed by atoms with E-state index in [1.54, 1.807) is 4.90 Å². The standard InChI is InChI=1S/C23H32N4O2/c1-6-25(22(29)24-23(3,4)5)16-20(28)27-15-14-26-13-7-8-19(26)21(27)18-11-9-17(2)10-12-18/h7-13,21H,6,14-16H2,1-5H3,(H,24,29). The van der Waals surface area contributed by atoms with E-state index in [4.69, 9.17) is 0 Å². The third kappa shape index (κ3) is 4.81. The van der Waals surface area contributed by atoms with Gasteiger partial charge in [0.05, 0.1) is 6.04 Å². The molecule has 1 N–H and O–H groups in total. The predicted molar refractivity (Wildman–Crippen MR) is 115 cm³/mol. The van der Waals surface area contributed by atoms with Gasteiger partial charge in [0, 0.05) is 37.1 Å². The van der Waals surface area contributed by atoms with Crippen LogP contribution in [0.15, 0.2) is 42.6 Å². The van der Waals surface area contributed by atoms with Crippen LogP contribution in [-0.4, -0.2) is 51.5 Å². The van der Waals surface area contributed by atoms with Gasteiger partial charge >= 0.3 is 6.03 Å². The number of nitrogens with zero attached hydrogens (tertiary/aromatic N) is 3. The van der Waals surface area contributed by atoms with Gasteiger partial charge in [0.25, 0.3) is 0 Å². The molecule has 2 aromatic rings. The highest BCUT2D eigenvalue weighted by Crippen LogP contribution is 2.32. The third-order valence-electron chi connectivity index (χ3n) is 5.23. The summed E-state index contributed by atoms with van der Waals surface area (Å²) in [6, 6.07) is 12.1. The minimum absolute atomic E-state index is 0.0334. The van der Waals surface area contributed by atoms with Gasteiger partial charge in [0.15, 0.2) is 0 Å². The summed E-state index contributed by atoms with van der Waals surface area (Å²) >= 11 is 0. The fourth-order valence-corrected chi connectivity index (χ4v) is 3.73. The molecule has 0 fully saturated rings. The van der Waals surface area contributed by atoms with Gasteiger partial charge in [-0.25, -0.2) is 4.79 Å². The summed E-state index contributed by atoms with van der Waals surface area (Å²) in [7, 11) is 0. The normalized spacial score (nSPS) is 16.3. The summed E-state index contributed by atoms with van der Waals surface area (Å²) < 4.78 is 2.21.